The average Bonchev–Trinajstić information content (AvgIpc) is 2.71. The maximum Gasteiger partial charge on any atom is 0.357 e. The van der Waals surface area contributed by atoms with Crippen LogP contribution in [-0.2, 0) is 0 Å². The average molecular weight is 461 g/mol. The zero-order valence-electron chi connectivity index (χ0n) is 15.6. The van der Waals surface area contributed by atoms with Gasteiger partial charge in [-0.25, -0.2) is 0 Å². The Balaban J connectivity index is 1.47. The van der Waals surface area contributed by atoms with Gasteiger partial charge in [0.25, 0.3) is 0 Å². The Morgan fingerprint density at radius 1 is 0.370 bits per heavy atom. The fraction of sp³-hybridized carbons (Fsp3) is 0.0769. The third-order valence-corrected chi connectivity index (χ3v) is 7.36. The summed E-state index contributed by atoms with van der Waals surface area (Å²) in [6.07, 6.45) is 0. The standard InChI is InChI=1S/C26H22I/c1-19-3-7-21(8-4-19)23-11-15-25(16-12-23)27-26-17-13-24(14-18-26)22-9-5-20(2)6-10-22/h3-18H,1-2H3/q+1. The number of hydrogen-bond donors (Lipinski definition) is 0. The van der Waals surface area contributed by atoms with Crippen LogP contribution >= 0.6 is 0 Å². The quantitative estimate of drug-likeness (QED) is 0.406. The molecule has 0 bridgehead atoms. The zero-order valence-corrected chi connectivity index (χ0v) is 17.8. The van der Waals surface area contributed by atoms with Crippen LogP contribution in [0.5, 0.6) is 0 Å². The van der Waals surface area contributed by atoms with E-state index in [9.17, 15) is 0 Å². The summed E-state index contributed by atoms with van der Waals surface area (Å²) in [6.45, 7) is 4.25. The molecule has 0 heterocycles. The molecular formula is C26H22I+. The van der Waals surface area contributed by atoms with Crippen LogP contribution in [0.1, 0.15) is 11.1 Å². The molecule has 0 aliphatic heterocycles. The molecule has 0 atom stereocenters. The summed E-state index contributed by atoms with van der Waals surface area (Å²) in [6, 6.07) is 35.6. The highest BCUT2D eigenvalue weighted by molar-refractivity contribution is 5.64. The van der Waals surface area contributed by atoms with E-state index in [0.29, 0.717) is 0 Å². The van der Waals surface area contributed by atoms with Crippen LogP contribution in [-0.4, -0.2) is 0 Å². The number of aryl methyl sites for hydroxylation is 2. The van der Waals surface area contributed by atoms with Gasteiger partial charge in [-0.2, -0.15) is 0 Å². The smallest absolute Gasteiger partial charge is 0.0587 e. The van der Waals surface area contributed by atoms with Crippen LogP contribution in [0.3, 0.4) is 0 Å². The van der Waals surface area contributed by atoms with Gasteiger partial charge in [0.1, 0.15) is 0 Å². The second kappa shape index (κ2) is 8.10. The van der Waals surface area contributed by atoms with Crippen LogP contribution in [0.25, 0.3) is 22.3 Å². The van der Waals surface area contributed by atoms with E-state index in [2.05, 4.69) is 111 Å². The van der Waals surface area contributed by atoms with Crippen LogP contribution in [0.15, 0.2) is 97.1 Å². The third kappa shape index (κ3) is 4.48. The Labute approximate surface area is 172 Å². The van der Waals surface area contributed by atoms with Gasteiger partial charge in [0.05, 0.1) is 0 Å². The van der Waals surface area contributed by atoms with E-state index >= 15 is 0 Å². The van der Waals surface area contributed by atoms with Gasteiger partial charge >= 0.3 is 21.2 Å². The molecule has 0 fully saturated rings. The predicted molar refractivity (Wildman–Crippen MR) is 111 cm³/mol. The topological polar surface area (TPSA) is 0 Å². The Hall–Kier alpha value is -2.39. The van der Waals surface area contributed by atoms with E-state index in [1.807, 2.05) is 0 Å². The first kappa shape index (κ1) is 18.0. The molecule has 0 aromatic heterocycles. The first-order chi connectivity index (χ1) is 13.2. The highest BCUT2D eigenvalue weighted by Crippen LogP contribution is 2.20. The molecule has 0 saturated carbocycles. The fourth-order valence-corrected chi connectivity index (χ4v) is 5.19. The molecule has 4 rings (SSSR count). The molecule has 0 N–H and O–H groups in total. The minimum absolute atomic E-state index is 0.148. The molecule has 0 radical (unpaired) electrons. The largest absolute Gasteiger partial charge is 0.357 e. The van der Waals surface area contributed by atoms with E-state index in [1.165, 1.54) is 40.5 Å². The summed E-state index contributed by atoms with van der Waals surface area (Å²) in [4.78, 5) is 0. The molecule has 0 nitrogen and oxygen atoms in total. The number of rotatable bonds is 4. The minimum Gasteiger partial charge on any atom is -0.0587 e. The second-order valence-corrected chi connectivity index (χ2v) is 9.87. The minimum atomic E-state index is -0.148. The summed E-state index contributed by atoms with van der Waals surface area (Å²) in [5, 5.41) is 0. The van der Waals surface area contributed by atoms with E-state index in [-0.39, 0.29) is 21.2 Å². The van der Waals surface area contributed by atoms with E-state index in [0.717, 1.165) is 0 Å². The van der Waals surface area contributed by atoms with Crippen molar-refractivity contribution in [2.75, 3.05) is 0 Å². The van der Waals surface area contributed by atoms with Crippen molar-refractivity contribution in [3.05, 3.63) is 115 Å². The molecule has 4 aromatic carbocycles. The van der Waals surface area contributed by atoms with Gasteiger partial charge in [-0.15, -0.1) is 0 Å². The SMILES string of the molecule is Cc1ccc(-c2ccc([I+]c3ccc(-c4ccc(C)cc4)cc3)cc2)cc1. The lowest BCUT2D eigenvalue weighted by atomic mass is 10.0. The third-order valence-electron chi connectivity index (χ3n) is 4.68. The van der Waals surface area contributed by atoms with E-state index in [1.54, 1.807) is 0 Å². The maximum absolute atomic E-state index is 2.29. The number of hydrogen-bond acceptors (Lipinski definition) is 0. The molecule has 0 unspecified atom stereocenters. The maximum atomic E-state index is 2.29. The molecule has 132 valence electrons. The predicted octanol–water partition coefficient (Wildman–Crippen LogP) is 3.77. The van der Waals surface area contributed by atoms with Crippen molar-refractivity contribution in [2.24, 2.45) is 0 Å². The van der Waals surface area contributed by atoms with Gasteiger partial charge < -0.3 is 0 Å². The number of benzene rings is 4. The zero-order chi connectivity index (χ0) is 18.6. The Bertz CT molecular complexity index is 923. The molecule has 1 heteroatoms. The summed E-state index contributed by atoms with van der Waals surface area (Å²) < 4.78 is 2.90. The van der Waals surface area contributed by atoms with Gasteiger partial charge in [-0.3, -0.25) is 0 Å². The Kier molecular flexibility index (Phi) is 5.40. The summed E-state index contributed by atoms with van der Waals surface area (Å²) in [5.41, 5.74) is 7.75. The van der Waals surface area contributed by atoms with Crippen LogP contribution in [0, 0.1) is 21.0 Å². The van der Waals surface area contributed by atoms with Crippen LogP contribution in [0.4, 0.5) is 0 Å². The fourth-order valence-electron chi connectivity index (χ4n) is 3.03. The molecule has 0 aliphatic carbocycles. The van der Waals surface area contributed by atoms with Gasteiger partial charge in [-0.1, -0.05) is 59.7 Å². The van der Waals surface area contributed by atoms with E-state index < -0.39 is 0 Å². The second-order valence-electron chi connectivity index (χ2n) is 6.84. The van der Waals surface area contributed by atoms with Crippen molar-refractivity contribution >= 4 is 0 Å². The molecule has 0 saturated heterocycles. The highest BCUT2D eigenvalue weighted by atomic mass is 127. The Morgan fingerprint density at radius 3 is 0.926 bits per heavy atom. The molecule has 0 amide bonds. The van der Waals surface area contributed by atoms with Crippen molar-refractivity contribution in [3.8, 4) is 22.3 Å². The molecule has 0 aliphatic rings. The normalized spacial score (nSPS) is 10.7. The first-order valence-corrected chi connectivity index (χ1v) is 11.3. The monoisotopic (exact) mass is 461 g/mol. The molecule has 27 heavy (non-hydrogen) atoms. The summed E-state index contributed by atoms with van der Waals surface area (Å²) >= 11 is -0.148. The van der Waals surface area contributed by atoms with Crippen molar-refractivity contribution in [2.45, 2.75) is 13.8 Å². The lowest BCUT2D eigenvalue weighted by molar-refractivity contribution is -0.597. The van der Waals surface area contributed by atoms with E-state index in [4.69, 9.17) is 0 Å². The lowest BCUT2D eigenvalue weighted by Crippen LogP contribution is -3.61. The molecular weight excluding hydrogens is 439 g/mol. The summed E-state index contributed by atoms with van der Waals surface area (Å²) in [5.74, 6) is 0. The van der Waals surface area contributed by atoms with Crippen LogP contribution in [0.2, 0.25) is 0 Å². The molecule has 4 aromatic rings. The van der Waals surface area contributed by atoms with Gasteiger partial charge in [0.15, 0.2) is 7.14 Å². The number of halogens is 1. The van der Waals surface area contributed by atoms with Gasteiger partial charge in [-0.05, 0) is 84.6 Å². The Morgan fingerprint density at radius 2 is 0.630 bits per heavy atom. The van der Waals surface area contributed by atoms with Crippen LogP contribution < -0.4 is 21.2 Å². The van der Waals surface area contributed by atoms with Gasteiger partial charge in [0, 0.05) is 0 Å². The van der Waals surface area contributed by atoms with Crippen molar-refractivity contribution in [3.63, 3.8) is 0 Å². The van der Waals surface area contributed by atoms with Gasteiger partial charge in [0.2, 0.25) is 0 Å². The van der Waals surface area contributed by atoms with Crippen molar-refractivity contribution in [1.82, 2.24) is 0 Å². The lowest BCUT2D eigenvalue weighted by Gasteiger charge is -2.02. The highest BCUT2D eigenvalue weighted by Gasteiger charge is 2.15. The van der Waals surface area contributed by atoms with Crippen molar-refractivity contribution < 1.29 is 21.2 Å². The van der Waals surface area contributed by atoms with Crippen molar-refractivity contribution in [1.29, 1.82) is 0 Å². The summed E-state index contributed by atoms with van der Waals surface area (Å²) in [7, 11) is 0. The first-order valence-electron chi connectivity index (χ1n) is 9.16. The molecule has 0 spiro atoms.